The fourth-order valence-electron chi connectivity index (χ4n) is 2.03. The number of hydrogen-bond acceptors (Lipinski definition) is 1. The number of nitrogens with one attached hydrogen (secondary N) is 1. The lowest BCUT2D eigenvalue weighted by Crippen LogP contribution is -2.19. The van der Waals surface area contributed by atoms with Crippen LogP contribution in [0.25, 0.3) is 0 Å². The molecule has 2 rings (SSSR count). The second-order valence-electron chi connectivity index (χ2n) is 4.34. The molecule has 1 nitrogen and oxygen atoms in total. The topological polar surface area (TPSA) is 12.0 Å². The zero-order chi connectivity index (χ0) is 13.8. The van der Waals surface area contributed by atoms with Gasteiger partial charge >= 0.3 is 0 Å². The molecule has 0 heterocycles. The van der Waals surface area contributed by atoms with Gasteiger partial charge in [-0.25, -0.2) is 4.39 Å². The summed E-state index contributed by atoms with van der Waals surface area (Å²) in [4.78, 5) is 0. The van der Waals surface area contributed by atoms with Gasteiger partial charge in [0, 0.05) is 15.0 Å². The van der Waals surface area contributed by atoms with Gasteiger partial charge in [0.05, 0.1) is 0 Å². The van der Waals surface area contributed by atoms with Gasteiger partial charge in [0.1, 0.15) is 5.82 Å². The maximum absolute atomic E-state index is 13.8. The van der Waals surface area contributed by atoms with Crippen molar-refractivity contribution in [3.63, 3.8) is 0 Å². The quantitative estimate of drug-likeness (QED) is 0.791. The van der Waals surface area contributed by atoms with Gasteiger partial charge in [-0.3, -0.25) is 0 Å². The molecule has 0 aliphatic carbocycles. The molecule has 0 aliphatic rings. The highest BCUT2D eigenvalue weighted by atomic mass is 79.9. The van der Waals surface area contributed by atoms with E-state index < -0.39 is 0 Å². The van der Waals surface area contributed by atoms with Gasteiger partial charge < -0.3 is 5.32 Å². The van der Waals surface area contributed by atoms with E-state index in [2.05, 4.69) is 43.2 Å². The number of halogens is 3. The molecule has 0 aliphatic heterocycles. The second kappa shape index (κ2) is 6.64. The maximum Gasteiger partial charge on any atom is 0.126 e. The predicted octanol–water partition coefficient (Wildman–Crippen LogP) is 4.85. The fourth-order valence-corrected chi connectivity index (χ4v) is 2.86. The summed E-state index contributed by atoms with van der Waals surface area (Å²) in [5, 5.41) is 3.24. The SMILES string of the molecule is CNC(Cc1cc(Br)ccc1F)c1cccc(Br)c1. The van der Waals surface area contributed by atoms with Crippen LogP contribution in [-0.2, 0) is 6.42 Å². The molecule has 1 atom stereocenters. The maximum atomic E-state index is 13.8. The van der Waals surface area contributed by atoms with E-state index in [9.17, 15) is 4.39 Å². The zero-order valence-electron chi connectivity index (χ0n) is 10.5. The van der Waals surface area contributed by atoms with Gasteiger partial charge in [-0.05, 0) is 54.9 Å². The summed E-state index contributed by atoms with van der Waals surface area (Å²) in [6.45, 7) is 0. The number of hydrogen-bond donors (Lipinski definition) is 1. The van der Waals surface area contributed by atoms with Crippen molar-refractivity contribution in [1.82, 2.24) is 5.32 Å². The highest BCUT2D eigenvalue weighted by Gasteiger charge is 2.13. The van der Waals surface area contributed by atoms with Crippen LogP contribution >= 0.6 is 31.9 Å². The van der Waals surface area contributed by atoms with Crippen LogP contribution in [0.4, 0.5) is 4.39 Å². The van der Waals surface area contributed by atoms with Crippen LogP contribution in [0, 0.1) is 5.82 Å². The van der Waals surface area contributed by atoms with Gasteiger partial charge in [-0.1, -0.05) is 44.0 Å². The molecule has 0 saturated heterocycles. The number of rotatable bonds is 4. The summed E-state index contributed by atoms with van der Waals surface area (Å²) in [7, 11) is 1.89. The van der Waals surface area contributed by atoms with E-state index in [0.717, 1.165) is 14.5 Å². The Labute approximate surface area is 129 Å². The van der Waals surface area contributed by atoms with Gasteiger partial charge in [0.2, 0.25) is 0 Å². The van der Waals surface area contributed by atoms with Crippen LogP contribution in [0.3, 0.4) is 0 Å². The van der Waals surface area contributed by atoms with E-state index in [1.807, 2.05) is 31.3 Å². The Morgan fingerprint density at radius 2 is 1.84 bits per heavy atom. The molecule has 0 amide bonds. The molecule has 0 saturated carbocycles. The Bertz CT molecular complexity index is 572. The van der Waals surface area contributed by atoms with Crippen LogP contribution in [0.1, 0.15) is 17.2 Å². The molecular weight excluding hydrogens is 373 g/mol. The van der Waals surface area contributed by atoms with Crippen molar-refractivity contribution in [3.8, 4) is 0 Å². The minimum absolute atomic E-state index is 0.0845. The summed E-state index contributed by atoms with van der Waals surface area (Å²) in [5.74, 6) is -0.168. The van der Waals surface area contributed by atoms with E-state index in [-0.39, 0.29) is 11.9 Å². The predicted molar refractivity (Wildman–Crippen MR) is 83.7 cm³/mol. The Morgan fingerprint density at radius 3 is 2.53 bits per heavy atom. The van der Waals surface area contributed by atoms with Crippen molar-refractivity contribution in [2.45, 2.75) is 12.5 Å². The molecule has 100 valence electrons. The number of likely N-dealkylation sites (N-methyl/N-ethyl adjacent to an activating group) is 1. The third kappa shape index (κ3) is 3.88. The molecule has 19 heavy (non-hydrogen) atoms. The van der Waals surface area contributed by atoms with E-state index in [4.69, 9.17) is 0 Å². The van der Waals surface area contributed by atoms with Crippen LogP contribution in [0.5, 0.6) is 0 Å². The molecule has 0 spiro atoms. The van der Waals surface area contributed by atoms with Crippen molar-refractivity contribution < 1.29 is 4.39 Å². The Hall–Kier alpha value is -0.710. The normalized spacial score (nSPS) is 12.4. The van der Waals surface area contributed by atoms with Crippen molar-refractivity contribution in [2.75, 3.05) is 7.05 Å². The fraction of sp³-hybridized carbons (Fsp3) is 0.200. The highest BCUT2D eigenvalue weighted by Crippen LogP contribution is 2.24. The largest absolute Gasteiger partial charge is 0.313 e. The van der Waals surface area contributed by atoms with Crippen molar-refractivity contribution in [3.05, 3.63) is 68.4 Å². The molecule has 0 bridgehead atoms. The van der Waals surface area contributed by atoms with E-state index in [1.54, 1.807) is 6.07 Å². The average molecular weight is 387 g/mol. The summed E-state index contributed by atoms with van der Waals surface area (Å²) in [5.41, 5.74) is 1.84. The van der Waals surface area contributed by atoms with Crippen molar-refractivity contribution in [1.29, 1.82) is 0 Å². The Morgan fingerprint density at radius 1 is 1.11 bits per heavy atom. The smallest absolute Gasteiger partial charge is 0.126 e. The molecule has 4 heteroatoms. The van der Waals surface area contributed by atoms with Crippen LogP contribution < -0.4 is 5.32 Å². The molecule has 0 radical (unpaired) electrons. The molecule has 0 aromatic heterocycles. The Kier molecular flexibility index (Phi) is 5.13. The van der Waals surface area contributed by atoms with Gasteiger partial charge in [-0.15, -0.1) is 0 Å². The summed E-state index contributed by atoms with van der Waals surface area (Å²) >= 11 is 6.84. The standard InChI is InChI=1S/C15H14Br2FN/c1-19-15(10-3-2-4-12(16)7-10)9-11-8-13(17)5-6-14(11)18/h2-8,15,19H,9H2,1H3. The number of benzene rings is 2. The molecule has 0 fully saturated rings. The third-order valence-electron chi connectivity index (χ3n) is 3.03. The minimum Gasteiger partial charge on any atom is -0.313 e. The lowest BCUT2D eigenvalue weighted by Gasteiger charge is -2.17. The van der Waals surface area contributed by atoms with Gasteiger partial charge in [0.25, 0.3) is 0 Å². The van der Waals surface area contributed by atoms with E-state index in [0.29, 0.717) is 12.0 Å². The second-order valence-corrected chi connectivity index (χ2v) is 6.17. The summed E-state index contributed by atoms with van der Waals surface area (Å²) < 4.78 is 15.7. The van der Waals surface area contributed by atoms with E-state index in [1.165, 1.54) is 6.07 Å². The minimum atomic E-state index is -0.168. The van der Waals surface area contributed by atoms with E-state index >= 15 is 0 Å². The molecule has 2 aromatic carbocycles. The van der Waals surface area contributed by atoms with Gasteiger partial charge in [0.15, 0.2) is 0 Å². The van der Waals surface area contributed by atoms with Gasteiger partial charge in [-0.2, -0.15) is 0 Å². The van der Waals surface area contributed by atoms with Crippen molar-refractivity contribution >= 4 is 31.9 Å². The average Bonchev–Trinajstić information content (AvgIpc) is 2.39. The summed E-state index contributed by atoms with van der Waals surface area (Å²) in [6.07, 6.45) is 0.609. The Balaban J connectivity index is 2.26. The molecule has 1 N–H and O–H groups in total. The summed E-state index contributed by atoms with van der Waals surface area (Å²) in [6, 6.07) is 13.2. The third-order valence-corrected chi connectivity index (χ3v) is 4.02. The first-order valence-corrected chi connectivity index (χ1v) is 7.55. The lowest BCUT2D eigenvalue weighted by molar-refractivity contribution is 0.554. The van der Waals surface area contributed by atoms with Crippen LogP contribution in [-0.4, -0.2) is 7.05 Å². The van der Waals surface area contributed by atoms with Crippen LogP contribution in [0.15, 0.2) is 51.4 Å². The van der Waals surface area contributed by atoms with Crippen molar-refractivity contribution in [2.24, 2.45) is 0 Å². The molecule has 2 aromatic rings. The lowest BCUT2D eigenvalue weighted by atomic mass is 9.99. The molecular formula is C15H14Br2FN. The first kappa shape index (κ1) is 14.7. The first-order chi connectivity index (χ1) is 9.10. The monoisotopic (exact) mass is 385 g/mol. The highest BCUT2D eigenvalue weighted by molar-refractivity contribution is 9.10. The molecule has 1 unspecified atom stereocenters. The first-order valence-electron chi connectivity index (χ1n) is 5.97. The van der Waals surface area contributed by atoms with Crippen LogP contribution in [0.2, 0.25) is 0 Å². The zero-order valence-corrected chi connectivity index (χ0v) is 13.6.